The number of hydrogen-bond acceptors (Lipinski definition) is 1. The molecule has 0 aromatic heterocycles. The summed E-state index contributed by atoms with van der Waals surface area (Å²) in [5, 5.41) is 2.59. The van der Waals surface area contributed by atoms with Gasteiger partial charge in [-0.25, -0.2) is 4.39 Å². The van der Waals surface area contributed by atoms with Crippen LogP contribution >= 0.6 is 15.9 Å². The first-order chi connectivity index (χ1) is 10.7. The van der Waals surface area contributed by atoms with E-state index in [1.54, 1.807) is 6.92 Å². The van der Waals surface area contributed by atoms with Crippen molar-refractivity contribution in [1.82, 2.24) is 5.32 Å². The summed E-state index contributed by atoms with van der Waals surface area (Å²) < 4.78 is 51.5. The number of rotatable bonds is 3. The minimum absolute atomic E-state index is 0.199. The molecule has 0 heterocycles. The number of hydrogen-bond donors (Lipinski definition) is 1. The Morgan fingerprint density at radius 3 is 2.48 bits per heavy atom. The molecule has 0 fully saturated rings. The Morgan fingerprint density at radius 1 is 1.17 bits per heavy atom. The topological polar surface area (TPSA) is 29.1 Å². The average Bonchev–Trinajstić information content (AvgIpc) is 2.46. The van der Waals surface area contributed by atoms with Gasteiger partial charge in [-0.1, -0.05) is 12.1 Å². The fourth-order valence-corrected chi connectivity index (χ4v) is 2.55. The molecule has 23 heavy (non-hydrogen) atoms. The Morgan fingerprint density at radius 2 is 1.87 bits per heavy atom. The number of benzene rings is 2. The zero-order valence-electron chi connectivity index (χ0n) is 11.9. The second-order valence-corrected chi connectivity index (χ2v) is 5.80. The molecule has 2 aromatic carbocycles. The number of alkyl halides is 3. The molecule has 1 atom stereocenters. The van der Waals surface area contributed by atoms with Gasteiger partial charge in [0.2, 0.25) is 0 Å². The number of carbonyl (C=O) groups excluding carboxylic acids is 1. The monoisotopic (exact) mass is 389 g/mol. The van der Waals surface area contributed by atoms with E-state index in [4.69, 9.17) is 0 Å². The van der Waals surface area contributed by atoms with E-state index in [1.807, 2.05) is 0 Å². The van der Waals surface area contributed by atoms with E-state index in [1.165, 1.54) is 18.2 Å². The number of carbonyl (C=O) groups is 1. The third kappa shape index (κ3) is 4.31. The van der Waals surface area contributed by atoms with Crippen molar-refractivity contribution in [1.29, 1.82) is 0 Å². The highest BCUT2D eigenvalue weighted by atomic mass is 79.9. The SMILES string of the molecule is C[C@@H](NC(=O)c1ccc(F)cc1Br)c1cccc(C(F)(F)F)c1. The van der Waals surface area contributed by atoms with E-state index < -0.39 is 29.5 Å². The Bertz CT molecular complexity index is 730. The van der Waals surface area contributed by atoms with Crippen LogP contribution in [0.5, 0.6) is 0 Å². The van der Waals surface area contributed by atoms with Gasteiger partial charge in [0.1, 0.15) is 5.82 Å². The second kappa shape index (κ2) is 6.70. The van der Waals surface area contributed by atoms with Crippen LogP contribution in [0.4, 0.5) is 17.6 Å². The van der Waals surface area contributed by atoms with E-state index in [0.29, 0.717) is 5.56 Å². The van der Waals surface area contributed by atoms with E-state index in [9.17, 15) is 22.4 Å². The van der Waals surface area contributed by atoms with Gasteiger partial charge in [0, 0.05) is 4.47 Å². The molecule has 1 amide bonds. The van der Waals surface area contributed by atoms with E-state index in [-0.39, 0.29) is 10.0 Å². The summed E-state index contributed by atoms with van der Waals surface area (Å²) in [6, 6.07) is 7.68. The van der Waals surface area contributed by atoms with Crippen LogP contribution in [0.25, 0.3) is 0 Å². The van der Waals surface area contributed by atoms with Gasteiger partial charge in [0.05, 0.1) is 17.2 Å². The molecule has 7 heteroatoms. The van der Waals surface area contributed by atoms with Crippen molar-refractivity contribution in [3.05, 3.63) is 69.4 Å². The highest BCUT2D eigenvalue weighted by Crippen LogP contribution is 2.30. The van der Waals surface area contributed by atoms with Gasteiger partial charge in [0.25, 0.3) is 5.91 Å². The van der Waals surface area contributed by atoms with Crippen molar-refractivity contribution in [2.75, 3.05) is 0 Å². The molecular weight excluding hydrogens is 378 g/mol. The highest BCUT2D eigenvalue weighted by molar-refractivity contribution is 9.10. The Hall–Kier alpha value is -1.89. The molecule has 0 bridgehead atoms. The summed E-state index contributed by atoms with van der Waals surface area (Å²) in [5.41, 5.74) is -0.254. The largest absolute Gasteiger partial charge is 0.416 e. The number of nitrogens with one attached hydrogen (secondary N) is 1. The van der Waals surface area contributed by atoms with Crippen molar-refractivity contribution in [3.8, 4) is 0 Å². The molecule has 0 saturated heterocycles. The van der Waals surface area contributed by atoms with Gasteiger partial charge in [-0.05, 0) is 58.7 Å². The van der Waals surface area contributed by atoms with Gasteiger partial charge in [0.15, 0.2) is 0 Å². The first-order valence-corrected chi connectivity index (χ1v) is 7.41. The summed E-state index contributed by atoms with van der Waals surface area (Å²) in [7, 11) is 0. The standard InChI is InChI=1S/C16H12BrF4NO/c1-9(10-3-2-4-11(7-10)16(19,20)21)22-15(23)13-6-5-12(18)8-14(13)17/h2-9H,1H3,(H,22,23)/t9-/m1/s1. The number of amides is 1. The van der Waals surface area contributed by atoms with Crippen molar-refractivity contribution >= 4 is 21.8 Å². The van der Waals surface area contributed by atoms with Gasteiger partial charge >= 0.3 is 6.18 Å². The summed E-state index contributed by atoms with van der Waals surface area (Å²) in [5.74, 6) is -1.01. The molecule has 0 aliphatic carbocycles. The van der Waals surface area contributed by atoms with Crippen LogP contribution in [0.3, 0.4) is 0 Å². The summed E-state index contributed by atoms with van der Waals surface area (Å²) in [6.07, 6.45) is -4.44. The first-order valence-electron chi connectivity index (χ1n) is 6.61. The summed E-state index contributed by atoms with van der Waals surface area (Å²) >= 11 is 3.08. The van der Waals surface area contributed by atoms with E-state index >= 15 is 0 Å². The Kier molecular flexibility index (Phi) is 5.09. The van der Waals surface area contributed by atoms with Gasteiger partial charge in [-0.3, -0.25) is 4.79 Å². The van der Waals surface area contributed by atoms with Crippen molar-refractivity contribution < 1.29 is 22.4 Å². The van der Waals surface area contributed by atoms with Crippen molar-refractivity contribution in [3.63, 3.8) is 0 Å². The Balaban J connectivity index is 2.18. The first kappa shape index (κ1) is 17.5. The van der Waals surface area contributed by atoms with Crippen LogP contribution in [0, 0.1) is 5.82 Å². The summed E-state index contributed by atoms with van der Waals surface area (Å²) in [6.45, 7) is 1.57. The lowest BCUT2D eigenvalue weighted by atomic mass is 10.0. The third-order valence-electron chi connectivity index (χ3n) is 3.24. The molecular formula is C16H12BrF4NO. The molecule has 0 radical (unpaired) electrons. The lowest BCUT2D eigenvalue weighted by Crippen LogP contribution is -2.27. The van der Waals surface area contributed by atoms with Crippen LogP contribution in [0.1, 0.15) is 34.5 Å². The molecule has 0 aliphatic rings. The van der Waals surface area contributed by atoms with Crippen LogP contribution in [-0.4, -0.2) is 5.91 Å². The van der Waals surface area contributed by atoms with Crippen LogP contribution in [0.15, 0.2) is 46.9 Å². The summed E-state index contributed by atoms with van der Waals surface area (Å²) in [4.78, 5) is 12.2. The predicted octanol–water partition coefficient (Wildman–Crippen LogP) is 5.10. The maximum atomic E-state index is 13.0. The smallest absolute Gasteiger partial charge is 0.345 e. The molecule has 122 valence electrons. The van der Waals surface area contributed by atoms with Crippen molar-refractivity contribution in [2.45, 2.75) is 19.1 Å². The fourth-order valence-electron chi connectivity index (χ4n) is 2.02. The fraction of sp³-hybridized carbons (Fsp3) is 0.188. The van der Waals surface area contributed by atoms with E-state index in [0.717, 1.165) is 24.3 Å². The second-order valence-electron chi connectivity index (χ2n) is 4.94. The van der Waals surface area contributed by atoms with E-state index in [2.05, 4.69) is 21.2 Å². The van der Waals surface area contributed by atoms with Crippen molar-refractivity contribution in [2.24, 2.45) is 0 Å². The third-order valence-corrected chi connectivity index (χ3v) is 3.89. The molecule has 1 N–H and O–H groups in total. The molecule has 0 unspecified atom stereocenters. The van der Waals surface area contributed by atoms with Crippen LogP contribution in [0.2, 0.25) is 0 Å². The quantitative estimate of drug-likeness (QED) is 0.727. The zero-order valence-corrected chi connectivity index (χ0v) is 13.5. The predicted molar refractivity (Wildman–Crippen MR) is 81.4 cm³/mol. The minimum Gasteiger partial charge on any atom is -0.345 e. The molecule has 0 aliphatic heterocycles. The molecule has 0 saturated carbocycles. The molecule has 2 rings (SSSR count). The maximum Gasteiger partial charge on any atom is 0.416 e. The average molecular weight is 390 g/mol. The van der Waals surface area contributed by atoms with Gasteiger partial charge in [-0.2, -0.15) is 13.2 Å². The zero-order chi connectivity index (χ0) is 17.2. The van der Waals surface area contributed by atoms with Gasteiger partial charge in [-0.15, -0.1) is 0 Å². The molecule has 2 nitrogen and oxygen atoms in total. The lowest BCUT2D eigenvalue weighted by molar-refractivity contribution is -0.137. The van der Waals surface area contributed by atoms with Crippen LogP contribution in [-0.2, 0) is 6.18 Å². The normalized spacial score (nSPS) is 12.8. The number of halogens is 5. The maximum absolute atomic E-state index is 13.0. The molecule has 0 spiro atoms. The highest BCUT2D eigenvalue weighted by Gasteiger charge is 2.30. The Labute approximate surface area is 138 Å². The minimum atomic E-state index is -4.44. The molecule has 2 aromatic rings. The van der Waals surface area contributed by atoms with Gasteiger partial charge < -0.3 is 5.32 Å². The lowest BCUT2D eigenvalue weighted by Gasteiger charge is -2.16. The van der Waals surface area contributed by atoms with Crippen LogP contribution < -0.4 is 5.32 Å².